The van der Waals surface area contributed by atoms with Crippen LogP contribution in [0.5, 0.6) is 0 Å². The molecule has 4 heteroatoms. The normalized spacial score (nSPS) is 18.2. The molecule has 86 valence electrons. The fourth-order valence-electron chi connectivity index (χ4n) is 2.06. The Labute approximate surface area is 90.3 Å². The van der Waals surface area contributed by atoms with Crippen molar-refractivity contribution in [2.45, 2.75) is 33.1 Å². The number of hydrogen-bond donors (Lipinski definition) is 1. The SMILES string of the molecule is CC(C)C1CCN(C(=O)CC(=O)O)CC1. The highest BCUT2D eigenvalue weighted by Crippen LogP contribution is 2.24. The molecule has 1 aliphatic heterocycles. The molecule has 1 rings (SSSR count). The number of carboxylic acid groups (broad SMARTS) is 1. The summed E-state index contributed by atoms with van der Waals surface area (Å²) < 4.78 is 0. The van der Waals surface area contributed by atoms with E-state index in [2.05, 4.69) is 13.8 Å². The molecule has 1 fully saturated rings. The number of amides is 1. The highest BCUT2D eigenvalue weighted by Gasteiger charge is 2.25. The molecule has 0 aromatic carbocycles. The molecule has 1 amide bonds. The third kappa shape index (κ3) is 3.53. The molecule has 0 atom stereocenters. The van der Waals surface area contributed by atoms with Crippen molar-refractivity contribution in [3.8, 4) is 0 Å². The minimum atomic E-state index is -1.04. The van der Waals surface area contributed by atoms with Gasteiger partial charge >= 0.3 is 5.97 Å². The Balaban J connectivity index is 2.37. The lowest BCUT2D eigenvalue weighted by Gasteiger charge is -2.33. The van der Waals surface area contributed by atoms with Gasteiger partial charge in [-0.25, -0.2) is 0 Å². The first kappa shape index (κ1) is 12.0. The number of carbonyl (C=O) groups excluding carboxylic acids is 1. The van der Waals surface area contributed by atoms with Gasteiger partial charge in [-0.15, -0.1) is 0 Å². The average molecular weight is 213 g/mol. The summed E-state index contributed by atoms with van der Waals surface area (Å²) in [6, 6.07) is 0. The molecular formula is C11H19NO3. The van der Waals surface area contributed by atoms with Crippen molar-refractivity contribution in [1.82, 2.24) is 4.90 Å². The minimum absolute atomic E-state index is 0.246. The number of carbonyl (C=O) groups is 2. The van der Waals surface area contributed by atoms with Gasteiger partial charge in [0.15, 0.2) is 0 Å². The van der Waals surface area contributed by atoms with Gasteiger partial charge < -0.3 is 10.0 Å². The number of rotatable bonds is 3. The van der Waals surface area contributed by atoms with Crippen molar-refractivity contribution in [2.75, 3.05) is 13.1 Å². The van der Waals surface area contributed by atoms with E-state index in [1.54, 1.807) is 4.90 Å². The summed E-state index contributed by atoms with van der Waals surface area (Å²) in [7, 11) is 0. The lowest BCUT2D eigenvalue weighted by molar-refractivity contribution is -0.144. The van der Waals surface area contributed by atoms with Crippen molar-refractivity contribution in [3.05, 3.63) is 0 Å². The molecule has 1 aliphatic rings. The quantitative estimate of drug-likeness (QED) is 0.720. The van der Waals surface area contributed by atoms with Crippen LogP contribution >= 0.6 is 0 Å². The Morgan fingerprint density at radius 3 is 2.27 bits per heavy atom. The standard InChI is InChI=1S/C11H19NO3/c1-8(2)9-3-5-12(6-4-9)10(13)7-11(14)15/h8-9H,3-7H2,1-2H3,(H,14,15). The molecule has 1 N–H and O–H groups in total. The summed E-state index contributed by atoms with van der Waals surface area (Å²) in [5.41, 5.74) is 0. The van der Waals surface area contributed by atoms with Gasteiger partial charge in [0, 0.05) is 13.1 Å². The van der Waals surface area contributed by atoms with Crippen LogP contribution in [0.3, 0.4) is 0 Å². The van der Waals surface area contributed by atoms with Crippen molar-refractivity contribution in [3.63, 3.8) is 0 Å². The lowest BCUT2D eigenvalue weighted by atomic mass is 9.86. The molecule has 0 aromatic heterocycles. The van der Waals surface area contributed by atoms with Crippen LogP contribution in [0.15, 0.2) is 0 Å². The van der Waals surface area contributed by atoms with Gasteiger partial charge in [0.25, 0.3) is 0 Å². The summed E-state index contributed by atoms with van der Waals surface area (Å²) in [6.45, 7) is 5.82. The van der Waals surface area contributed by atoms with Gasteiger partial charge in [0.1, 0.15) is 6.42 Å². The van der Waals surface area contributed by atoms with E-state index in [9.17, 15) is 9.59 Å². The first-order valence-corrected chi connectivity index (χ1v) is 5.50. The number of hydrogen-bond acceptors (Lipinski definition) is 2. The van der Waals surface area contributed by atoms with Crippen LogP contribution in [0.4, 0.5) is 0 Å². The van der Waals surface area contributed by atoms with Crippen LogP contribution in [0.2, 0.25) is 0 Å². The Bertz CT molecular complexity index is 242. The third-order valence-electron chi connectivity index (χ3n) is 3.14. The molecule has 1 heterocycles. The third-order valence-corrected chi connectivity index (χ3v) is 3.14. The van der Waals surface area contributed by atoms with Gasteiger partial charge in [0.2, 0.25) is 5.91 Å². The molecule has 0 radical (unpaired) electrons. The number of piperidine rings is 1. The smallest absolute Gasteiger partial charge is 0.312 e. The van der Waals surface area contributed by atoms with Crippen LogP contribution in [0.1, 0.15) is 33.1 Å². The van der Waals surface area contributed by atoms with Gasteiger partial charge in [-0.05, 0) is 24.7 Å². The first-order valence-electron chi connectivity index (χ1n) is 5.50. The van der Waals surface area contributed by atoms with Crippen molar-refractivity contribution in [1.29, 1.82) is 0 Å². The molecule has 0 aromatic rings. The van der Waals surface area contributed by atoms with Crippen molar-refractivity contribution < 1.29 is 14.7 Å². The molecule has 4 nitrogen and oxygen atoms in total. The molecule has 1 saturated heterocycles. The Morgan fingerprint density at radius 2 is 1.87 bits per heavy atom. The highest BCUT2D eigenvalue weighted by molar-refractivity contribution is 5.93. The number of nitrogens with zero attached hydrogens (tertiary/aromatic N) is 1. The fourth-order valence-corrected chi connectivity index (χ4v) is 2.06. The summed E-state index contributed by atoms with van der Waals surface area (Å²) in [5.74, 6) is 0.0521. The molecule has 0 unspecified atom stereocenters. The molecule has 0 saturated carbocycles. The van der Waals surface area contributed by atoms with Crippen LogP contribution in [-0.2, 0) is 9.59 Å². The zero-order valence-corrected chi connectivity index (χ0v) is 9.40. The second kappa shape index (κ2) is 5.14. The van der Waals surface area contributed by atoms with E-state index in [1.807, 2.05) is 0 Å². The zero-order chi connectivity index (χ0) is 11.4. The van der Waals surface area contributed by atoms with Crippen molar-refractivity contribution >= 4 is 11.9 Å². The number of likely N-dealkylation sites (tertiary alicyclic amines) is 1. The maximum absolute atomic E-state index is 11.4. The second-order valence-electron chi connectivity index (χ2n) is 4.53. The van der Waals surface area contributed by atoms with Crippen molar-refractivity contribution in [2.24, 2.45) is 11.8 Å². The minimum Gasteiger partial charge on any atom is -0.481 e. The Morgan fingerprint density at radius 1 is 1.33 bits per heavy atom. The van der Waals surface area contributed by atoms with E-state index in [1.165, 1.54) is 0 Å². The molecular weight excluding hydrogens is 194 g/mol. The van der Waals surface area contributed by atoms with Crippen LogP contribution in [0.25, 0.3) is 0 Å². The van der Waals surface area contributed by atoms with Crippen LogP contribution in [0, 0.1) is 11.8 Å². The van der Waals surface area contributed by atoms with Gasteiger partial charge in [-0.1, -0.05) is 13.8 Å². The van der Waals surface area contributed by atoms with E-state index >= 15 is 0 Å². The van der Waals surface area contributed by atoms with Gasteiger partial charge in [0.05, 0.1) is 0 Å². The summed E-state index contributed by atoms with van der Waals surface area (Å²) in [5, 5.41) is 8.51. The topological polar surface area (TPSA) is 57.6 Å². The molecule has 0 bridgehead atoms. The maximum Gasteiger partial charge on any atom is 0.312 e. The number of aliphatic carboxylic acids is 1. The van der Waals surface area contributed by atoms with Crippen LogP contribution < -0.4 is 0 Å². The Hall–Kier alpha value is -1.06. The first-order chi connectivity index (χ1) is 7.00. The van der Waals surface area contributed by atoms with E-state index < -0.39 is 5.97 Å². The molecule has 0 aliphatic carbocycles. The largest absolute Gasteiger partial charge is 0.481 e. The van der Waals surface area contributed by atoms with E-state index in [4.69, 9.17) is 5.11 Å². The van der Waals surface area contributed by atoms with E-state index in [0.717, 1.165) is 25.9 Å². The summed E-state index contributed by atoms with van der Waals surface area (Å²) >= 11 is 0. The molecule has 15 heavy (non-hydrogen) atoms. The molecule has 0 spiro atoms. The van der Waals surface area contributed by atoms with E-state index in [-0.39, 0.29) is 12.3 Å². The monoisotopic (exact) mass is 213 g/mol. The summed E-state index contributed by atoms with van der Waals surface area (Å²) in [6.07, 6.45) is 1.64. The maximum atomic E-state index is 11.4. The fraction of sp³-hybridized carbons (Fsp3) is 0.818. The zero-order valence-electron chi connectivity index (χ0n) is 9.40. The van der Waals surface area contributed by atoms with Gasteiger partial charge in [-0.3, -0.25) is 9.59 Å². The van der Waals surface area contributed by atoms with Crippen LogP contribution in [-0.4, -0.2) is 35.0 Å². The Kier molecular flexibility index (Phi) is 4.12. The second-order valence-corrected chi connectivity index (χ2v) is 4.53. The summed E-state index contributed by atoms with van der Waals surface area (Å²) in [4.78, 5) is 23.5. The predicted molar refractivity (Wildman–Crippen MR) is 56.4 cm³/mol. The number of carboxylic acids is 1. The average Bonchev–Trinajstić information content (AvgIpc) is 2.17. The highest BCUT2D eigenvalue weighted by atomic mass is 16.4. The van der Waals surface area contributed by atoms with E-state index in [0.29, 0.717) is 11.8 Å². The lowest BCUT2D eigenvalue weighted by Crippen LogP contribution is -2.40. The van der Waals surface area contributed by atoms with Gasteiger partial charge in [-0.2, -0.15) is 0 Å². The predicted octanol–water partition coefficient (Wildman–Crippen LogP) is 1.36.